The Bertz CT molecular complexity index is 1270. The minimum atomic E-state index is -0.394. The van der Waals surface area contributed by atoms with Crippen LogP contribution in [-0.4, -0.2) is 59.4 Å². The fraction of sp³-hybridized carbons (Fsp3) is 0.481. The minimum Gasteiger partial charge on any atom is -0.381 e. The Labute approximate surface area is 215 Å². The number of aryl methyl sites for hydroxylation is 1. The van der Waals surface area contributed by atoms with Gasteiger partial charge in [-0.3, -0.25) is 19.8 Å². The summed E-state index contributed by atoms with van der Waals surface area (Å²) < 4.78 is 5.46. The van der Waals surface area contributed by atoms with Gasteiger partial charge in [-0.2, -0.15) is 5.26 Å². The third-order valence-corrected chi connectivity index (χ3v) is 7.44. The maximum atomic E-state index is 13.3. The largest absolute Gasteiger partial charge is 0.381 e. The van der Waals surface area contributed by atoms with Crippen LogP contribution < -0.4 is 10.2 Å². The smallest absolute Gasteiger partial charge is 0.328 e. The Morgan fingerprint density at radius 3 is 2.86 bits per heavy atom. The first-order valence-electron chi connectivity index (χ1n) is 12.8. The van der Waals surface area contributed by atoms with Crippen molar-refractivity contribution in [3.05, 3.63) is 46.3 Å². The van der Waals surface area contributed by atoms with Crippen molar-refractivity contribution in [3.63, 3.8) is 0 Å². The van der Waals surface area contributed by atoms with Crippen molar-refractivity contribution in [2.45, 2.75) is 45.6 Å². The number of hydrogen-bond donors (Lipinski definition) is 1. The van der Waals surface area contributed by atoms with Gasteiger partial charge in [-0.25, -0.2) is 14.8 Å². The molecule has 5 rings (SSSR count). The van der Waals surface area contributed by atoms with Crippen LogP contribution in [0.5, 0.6) is 0 Å². The van der Waals surface area contributed by atoms with Crippen molar-refractivity contribution in [1.29, 1.82) is 5.26 Å². The molecule has 10 nitrogen and oxygen atoms in total. The maximum absolute atomic E-state index is 13.3. The van der Waals surface area contributed by atoms with E-state index in [-0.39, 0.29) is 17.5 Å². The highest BCUT2D eigenvalue weighted by molar-refractivity contribution is 6.01. The number of carbonyl (C=O) groups is 3. The molecule has 10 heteroatoms. The molecule has 0 bridgehead atoms. The number of amides is 3. The lowest BCUT2D eigenvalue weighted by atomic mass is 9.96. The summed E-state index contributed by atoms with van der Waals surface area (Å²) in [5.74, 6) is 1.23. The lowest BCUT2D eigenvalue weighted by Gasteiger charge is -2.29. The predicted octanol–water partition coefficient (Wildman–Crippen LogP) is 3.09. The summed E-state index contributed by atoms with van der Waals surface area (Å²) in [4.78, 5) is 49.7. The Morgan fingerprint density at radius 1 is 1.30 bits per heavy atom. The molecule has 0 aliphatic carbocycles. The Kier molecular flexibility index (Phi) is 7.15. The van der Waals surface area contributed by atoms with E-state index in [2.05, 4.69) is 21.4 Å². The van der Waals surface area contributed by atoms with E-state index in [9.17, 15) is 19.6 Å². The van der Waals surface area contributed by atoms with Crippen LogP contribution in [0.1, 0.15) is 58.9 Å². The average molecular weight is 503 g/mol. The summed E-state index contributed by atoms with van der Waals surface area (Å²) in [7, 11) is 0. The molecule has 192 valence electrons. The number of pyridine rings is 2. The van der Waals surface area contributed by atoms with Crippen LogP contribution in [0.3, 0.4) is 0 Å². The SMILES string of the molecule is C[C@H]1CCN(Cc2cc3c(nc2C=O)N(C(=O)Nc2cc(C[C@@H]4CCOC4)c(C#N)cn2)CCC3)C1=O. The number of anilines is 2. The van der Waals surface area contributed by atoms with Crippen molar-refractivity contribution in [2.24, 2.45) is 11.8 Å². The molecule has 3 aliphatic rings. The highest BCUT2D eigenvalue weighted by Gasteiger charge is 2.30. The number of urea groups is 1. The van der Waals surface area contributed by atoms with E-state index in [1.54, 1.807) is 11.0 Å². The molecule has 37 heavy (non-hydrogen) atoms. The number of ether oxygens (including phenoxy) is 1. The highest BCUT2D eigenvalue weighted by Crippen LogP contribution is 2.30. The summed E-state index contributed by atoms with van der Waals surface area (Å²) >= 11 is 0. The van der Waals surface area contributed by atoms with Crippen LogP contribution in [0.4, 0.5) is 16.4 Å². The zero-order valence-electron chi connectivity index (χ0n) is 20.9. The van der Waals surface area contributed by atoms with Gasteiger partial charge in [-0.15, -0.1) is 0 Å². The number of carbonyl (C=O) groups excluding carboxylic acids is 3. The van der Waals surface area contributed by atoms with Crippen molar-refractivity contribution >= 4 is 29.9 Å². The fourth-order valence-electron chi connectivity index (χ4n) is 5.31. The molecular formula is C27H30N6O4. The molecule has 2 aromatic rings. The first-order valence-corrected chi connectivity index (χ1v) is 12.8. The number of nitrogens with one attached hydrogen (secondary N) is 1. The van der Waals surface area contributed by atoms with Crippen LogP contribution in [0.15, 0.2) is 18.3 Å². The van der Waals surface area contributed by atoms with Crippen molar-refractivity contribution < 1.29 is 19.1 Å². The van der Waals surface area contributed by atoms with Gasteiger partial charge in [0.15, 0.2) is 6.29 Å². The molecule has 1 N–H and O–H groups in total. The lowest BCUT2D eigenvalue weighted by Crippen LogP contribution is -2.40. The van der Waals surface area contributed by atoms with Gasteiger partial charge in [-0.1, -0.05) is 6.92 Å². The number of fused-ring (bicyclic) bond motifs is 1. The first-order chi connectivity index (χ1) is 18.0. The van der Waals surface area contributed by atoms with Crippen molar-refractivity contribution in [2.75, 3.05) is 36.5 Å². The second kappa shape index (κ2) is 10.6. The number of hydrogen-bond acceptors (Lipinski definition) is 7. The number of likely N-dealkylation sites (tertiary alicyclic amines) is 1. The second-order valence-corrected chi connectivity index (χ2v) is 10.0. The van der Waals surface area contributed by atoms with E-state index in [1.807, 2.05) is 13.0 Å². The van der Waals surface area contributed by atoms with E-state index in [1.165, 1.54) is 11.1 Å². The number of aldehydes is 1. The highest BCUT2D eigenvalue weighted by atomic mass is 16.5. The third kappa shape index (κ3) is 5.18. The Balaban J connectivity index is 1.35. The van der Waals surface area contributed by atoms with E-state index in [0.29, 0.717) is 67.6 Å². The predicted molar refractivity (Wildman–Crippen MR) is 135 cm³/mol. The molecule has 0 radical (unpaired) electrons. The topological polar surface area (TPSA) is 129 Å². The molecule has 0 unspecified atom stereocenters. The molecule has 2 saturated heterocycles. The molecule has 5 heterocycles. The third-order valence-electron chi connectivity index (χ3n) is 7.44. The quantitative estimate of drug-likeness (QED) is 0.601. The summed E-state index contributed by atoms with van der Waals surface area (Å²) in [5.41, 5.74) is 3.13. The normalized spacial score (nSPS) is 21.0. The van der Waals surface area contributed by atoms with E-state index in [4.69, 9.17) is 4.74 Å². The van der Waals surface area contributed by atoms with Crippen LogP contribution >= 0.6 is 0 Å². The summed E-state index contributed by atoms with van der Waals surface area (Å²) in [5, 5.41) is 12.3. The van der Waals surface area contributed by atoms with E-state index < -0.39 is 6.03 Å². The lowest BCUT2D eigenvalue weighted by molar-refractivity contribution is -0.131. The van der Waals surface area contributed by atoms with Crippen molar-refractivity contribution in [1.82, 2.24) is 14.9 Å². The maximum Gasteiger partial charge on any atom is 0.328 e. The Morgan fingerprint density at radius 2 is 2.16 bits per heavy atom. The van der Waals surface area contributed by atoms with Gasteiger partial charge < -0.3 is 9.64 Å². The molecule has 0 aromatic carbocycles. The van der Waals surface area contributed by atoms with Crippen LogP contribution in [-0.2, 0) is 28.9 Å². The zero-order valence-corrected chi connectivity index (χ0v) is 20.9. The molecule has 0 spiro atoms. The van der Waals surface area contributed by atoms with Gasteiger partial charge in [0.05, 0.1) is 5.56 Å². The second-order valence-electron chi connectivity index (χ2n) is 10.0. The monoisotopic (exact) mass is 502 g/mol. The van der Waals surface area contributed by atoms with E-state index in [0.717, 1.165) is 43.4 Å². The Hall–Kier alpha value is -3.84. The van der Waals surface area contributed by atoms with E-state index >= 15 is 0 Å². The molecule has 3 amide bonds. The van der Waals surface area contributed by atoms with Gasteiger partial charge >= 0.3 is 6.03 Å². The standard InChI is InChI=1S/C27H30N6O4/c1-17-4-7-32(26(17)35)14-21-10-19-3-2-6-33(25(19)30-23(21)15-34)27(36)31-24-11-20(22(12-28)13-29-24)9-18-5-8-37-16-18/h10-11,13,15,17-18H,2-9,14,16H2,1H3,(H,29,31,36)/t17-,18-/m0/s1. The number of rotatable bonds is 6. The van der Waals surface area contributed by atoms with Gasteiger partial charge in [0.2, 0.25) is 5.91 Å². The first kappa shape index (κ1) is 24.8. The molecule has 0 saturated carbocycles. The number of nitriles is 1. The molecule has 2 aromatic heterocycles. The van der Waals surface area contributed by atoms with Crippen LogP contribution in [0, 0.1) is 23.2 Å². The van der Waals surface area contributed by atoms with Crippen LogP contribution in [0.2, 0.25) is 0 Å². The van der Waals surface area contributed by atoms with Crippen molar-refractivity contribution in [3.8, 4) is 6.07 Å². The summed E-state index contributed by atoms with van der Waals surface area (Å²) in [6, 6.07) is 5.44. The molecule has 2 fully saturated rings. The summed E-state index contributed by atoms with van der Waals surface area (Å²) in [6.45, 7) is 4.76. The zero-order chi connectivity index (χ0) is 25.9. The molecular weight excluding hydrogens is 472 g/mol. The van der Waals surface area contributed by atoms with Gasteiger partial charge in [-0.05, 0) is 61.3 Å². The van der Waals surface area contributed by atoms with Gasteiger partial charge in [0, 0.05) is 50.5 Å². The van der Waals surface area contributed by atoms with Gasteiger partial charge in [0.1, 0.15) is 23.4 Å². The van der Waals surface area contributed by atoms with Gasteiger partial charge in [0.25, 0.3) is 0 Å². The summed E-state index contributed by atoms with van der Waals surface area (Å²) in [6.07, 6.45) is 6.08. The molecule has 2 atom stereocenters. The molecule has 3 aliphatic heterocycles. The minimum absolute atomic E-state index is 0.00713. The number of nitrogens with zero attached hydrogens (tertiary/aromatic N) is 5. The van der Waals surface area contributed by atoms with Crippen LogP contribution in [0.25, 0.3) is 0 Å². The fourth-order valence-corrected chi connectivity index (χ4v) is 5.31. The average Bonchev–Trinajstić information content (AvgIpc) is 3.53. The number of aromatic nitrogens is 2.